The van der Waals surface area contributed by atoms with Gasteiger partial charge in [-0.15, -0.1) is 11.3 Å². The Morgan fingerprint density at radius 1 is 1.53 bits per heavy atom. The summed E-state index contributed by atoms with van der Waals surface area (Å²) in [7, 11) is 0. The zero-order chi connectivity index (χ0) is 13.8. The van der Waals surface area contributed by atoms with E-state index in [4.69, 9.17) is 5.73 Å². The molecule has 2 unspecified atom stereocenters. The maximum atomic E-state index is 9.39. The molecule has 1 aromatic rings. The molecule has 0 aromatic carbocycles. The Kier molecular flexibility index (Phi) is 5.84. The molecule has 2 rings (SSSR count). The molecule has 0 bridgehead atoms. The number of rotatable bonds is 6. The second-order valence-corrected chi connectivity index (χ2v) is 7.23. The van der Waals surface area contributed by atoms with Gasteiger partial charge in [0.05, 0.1) is 12.6 Å². The van der Waals surface area contributed by atoms with Gasteiger partial charge in [0.1, 0.15) is 0 Å². The number of hydrogen-bond acceptors (Lipinski definition) is 4. The van der Waals surface area contributed by atoms with Crippen molar-refractivity contribution in [3.05, 3.63) is 20.8 Å². The molecular weight excluding hydrogens is 324 g/mol. The molecule has 0 radical (unpaired) electrons. The van der Waals surface area contributed by atoms with E-state index in [-0.39, 0.29) is 18.7 Å². The van der Waals surface area contributed by atoms with Crippen molar-refractivity contribution in [2.75, 3.05) is 13.2 Å². The predicted molar refractivity (Wildman–Crippen MR) is 84.5 cm³/mol. The summed E-state index contributed by atoms with van der Waals surface area (Å²) >= 11 is 5.27. The van der Waals surface area contributed by atoms with E-state index in [1.54, 1.807) is 11.3 Å². The van der Waals surface area contributed by atoms with Gasteiger partial charge < -0.3 is 10.8 Å². The van der Waals surface area contributed by atoms with Crippen molar-refractivity contribution in [3.8, 4) is 0 Å². The number of thiophene rings is 1. The summed E-state index contributed by atoms with van der Waals surface area (Å²) in [5.41, 5.74) is 6.24. The number of hydrogen-bond donors (Lipinski definition) is 2. The summed E-state index contributed by atoms with van der Waals surface area (Å²) < 4.78 is 1.12. The smallest absolute Gasteiger partial charge is 0.0594 e. The van der Waals surface area contributed by atoms with Gasteiger partial charge >= 0.3 is 0 Å². The van der Waals surface area contributed by atoms with E-state index >= 15 is 0 Å². The van der Waals surface area contributed by atoms with Crippen LogP contribution in [0.2, 0.25) is 0 Å². The van der Waals surface area contributed by atoms with Gasteiger partial charge in [0.15, 0.2) is 0 Å². The average Bonchev–Trinajstić information content (AvgIpc) is 2.99. The molecular formula is C14H23BrN2OS. The molecule has 1 fully saturated rings. The minimum Gasteiger partial charge on any atom is -0.395 e. The first-order chi connectivity index (χ1) is 9.13. The van der Waals surface area contributed by atoms with Crippen molar-refractivity contribution in [2.24, 2.45) is 5.73 Å². The largest absolute Gasteiger partial charge is 0.395 e. The molecule has 1 aliphatic carbocycles. The van der Waals surface area contributed by atoms with Crippen LogP contribution < -0.4 is 5.73 Å². The van der Waals surface area contributed by atoms with Gasteiger partial charge in [0.25, 0.3) is 0 Å². The van der Waals surface area contributed by atoms with Gasteiger partial charge in [-0.2, -0.15) is 0 Å². The highest BCUT2D eigenvalue weighted by Crippen LogP contribution is 2.36. The molecule has 3 N–H and O–H groups in total. The van der Waals surface area contributed by atoms with Crippen LogP contribution in [0.1, 0.15) is 43.5 Å². The molecule has 1 saturated carbocycles. The van der Waals surface area contributed by atoms with Crippen LogP contribution in [0.5, 0.6) is 0 Å². The van der Waals surface area contributed by atoms with Crippen molar-refractivity contribution in [3.63, 3.8) is 0 Å². The van der Waals surface area contributed by atoms with E-state index in [2.05, 4.69) is 39.2 Å². The molecule has 0 amide bonds. The molecule has 0 saturated heterocycles. The lowest BCUT2D eigenvalue weighted by Crippen LogP contribution is -2.45. The molecule has 1 heterocycles. The Labute approximate surface area is 127 Å². The first kappa shape index (κ1) is 15.4. The average molecular weight is 347 g/mol. The summed E-state index contributed by atoms with van der Waals surface area (Å²) in [6.45, 7) is 2.98. The summed E-state index contributed by atoms with van der Waals surface area (Å²) in [5.74, 6) is 0. The first-order valence-corrected chi connectivity index (χ1v) is 8.67. The van der Waals surface area contributed by atoms with Crippen LogP contribution in [0.25, 0.3) is 0 Å². The zero-order valence-corrected chi connectivity index (χ0v) is 13.8. The summed E-state index contributed by atoms with van der Waals surface area (Å²) in [6, 6.07) is 3.02. The highest BCUT2D eigenvalue weighted by atomic mass is 79.9. The van der Waals surface area contributed by atoms with Crippen LogP contribution >= 0.6 is 27.3 Å². The minimum atomic E-state index is 0.0673. The van der Waals surface area contributed by atoms with Crippen molar-refractivity contribution in [2.45, 2.75) is 50.7 Å². The number of aliphatic hydroxyl groups excluding tert-OH is 1. The van der Waals surface area contributed by atoms with Crippen LogP contribution in [0, 0.1) is 0 Å². The van der Waals surface area contributed by atoms with Crippen molar-refractivity contribution >= 4 is 27.3 Å². The fourth-order valence-electron chi connectivity index (χ4n) is 3.11. The number of halogens is 1. The fourth-order valence-corrected chi connectivity index (χ4v) is 4.79. The lowest BCUT2D eigenvalue weighted by Gasteiger charge is -2.37. The van der Waals surface area contributed by atoms with Gasteiger partial charge in [-0.1, -0.05) is 12.8 Å². The first-order valence-electron chi connectivity index (χ1n) is 6.99. The molecule has 0 aliphatic heterocycles. The van der Waals surface area contributed by atoms with Crippen LogP contribution in [0.15, 0.2) is 15.9 Å². The summed E-state index contributed by atoms with van der Waals surface area (Å²) in [4.78, 5) is 3.72. The van der Waals surface area contributed by atoms with E-state index < -0.39 is 0 Å². The zero-order valence-electron chi connectivity index (χ0n) is 11.4. The number of aliphatic hydroxyl groups is 1. The molecule has 0 spiro atoms. The van der Waals surface area contributed by atoms with Crippen molar-refractivity contribution in [1.29, 1.82) is 0 Å². The Balaban J connectivity index is 2.23. The van der Waals surface area contributed by atoms with Crippen LogP contribution in [0.4, 0.5) is 0 Å². The third-order valence-corrected chi connectivity index (χ3v) is 5.65. The molecule has 3 nitrogen and oxygen atoms in total. The lowest BCUT2D eigenvalue weighted by atomic mass is 10.0. The SMILES string of the molecule is CC(N)C(c1cc(Br)cs1)N(CCO)C1CCCC1. The van der Waals surface area contributed by atoms with Gasteiger partial charge in [0.2, 0.25) is 0 Å². The van der Waals surface area contributed by atoms with Gasteiger partial charge in [-0.05, 0) is 41.8 Å². The van der Waals surface area contributed by atoms with E-state index in [1.807, 2.05) is 0 Å². The molecule has 108 valence electrons. The monoisotopic (exact) mass is 346 g/mol. The topological polar surface area (TPSA) is 49.5 Å². The summed E-state index contributed by atoms with van der Waals surface area (Å²) in [5, 5.41) is 11.5. The molecule has 19 heavy (non-hydrogen) atoms. The summed E-state index contributed by atoms with van der Waals surface area (Å²) in [6.07, 6.45) is 5.06. The van der Waals surface area contributed by atoms with Crippen molar-refractivity contribution < 1.29 is 5.11 Å². The highest BCUT2D eigenvalue weighted by Gasteiger charge is 2.32. The Morgan fingerprint density at radius 3 is 2.68 bits per heavy atom. The highest BCUT2D eigenvalue weighted by molar-refractivity contribution is 9.10. The van der Waals surface area contributed by atoms with Crippen LogP contribution in [-0.4, -0.2) is 35.2 Å². The van der Waals surface area contributed by atoms with E-state index in [0.29, 0.717) is 12.6 Å². The molecule has 2 atom stereocenters. The molecule has 1 aromatic heterocycles. The van der Waals surface area contributed by atoms with E-state index in [0.717, 1.165) is 4.47 Å². The van der Waals surface area contributed by atoms with Crippen molar-refractivity contribution in [1.82, 2.24) is 4.90 Å². The Bertz CT molecular complexity index is 391. The van der Waals surface area contributed by atoms with Gasteiger partial charge in [-0.25, -0.2) is 0 Å². The maximum Gasteiger partial charge on any atom is 0.0594 e. The number of nitrogens with two attached hydrogens (primary N) is 1. The minimum absolute atomic E-state index is 0.0673. The predicted octanol–water partition coefficient (Wildman–Crippen LogP) is 3.14. The second kappa shape index (κ2) is 7.18. The van der Waals surface area contributed by atoms with Gasteiger partial charge in [0, 0.05) is 33.4 Å². The fraction of sp³-hybridized carbons (Fsp3) is 0.714. The van der Waals surface area contributed by atoms with Crippen LogP contribution in [-0.2, 0) is 0 Å². The van der Waals surface area contributed by atoms with Gasteiger partial charge in [-0.3, -0.25) is 4.90 Å². The maximum absolute atomic E-state index is 9.39. The van der Waals surface area contributed by atoms with Crippen LogP contribution in [0.3, 0.4) is 0 Å². The Morgan fingerprint density at radius 2 is 2.21 bits per heavy atom. The lowest BCUT2D eigenvalue weighted by molar-refractivity contribution is 0.0939. The third kappa shape index (κ3) is 3.79. The van der Waals surface area contributed by atoms with E-state index in [9.17, 15) is 5.11 Å². The Hall–Kier alpha value is 0.0600. The van der Waals surface area contributed by atoms with E-state index in [1.165, 1.54) is 30.6 Å². The normalized spacial score (nSPS) is 20.1. The quantitative estimate of drug-likeness (QED) is 0.831. The molecule has 5 heteroatoms. The second-order valence-electron chi connectivity index (χ2n) is 5.37. The molecule has 1 aliphatic rings. The third-order valence-electron chi connectivity index (χ3n) is 3.89. The number of nitrogens with zero attached hydrogens (tertiary/aromatic N) is 1. The standard InChI is InChI=1S/C14H23BrN2OS/c1-10(16)14(13-8-11(15)9-19-13)17(6-7-18)12-4-2-3-5-12/h8-10,12,14,18H,2-7,16H2,1H3.